The van der Waals surface area contributed by atoms with Crippen molar-refractivity contribution in [1.82, 2.24) is 9.97 Å². The highest BCUT2D eigenvalue weighted by Crippen LogP contribution is 2.38. The van der Waals surface area contributed by atoms with Gasteiger partial charge in [-0.3, -0.25) is 0 Å². The highest BCUT2D eigenvalue weighted by Gasteiger charge is 2.22. The van der Waals surface area contributed by atoms with Gasteiger partial charge in [0.2, 0.25) is 0 Å². The lowest BCUT2D eigenvalue weighted by molar-refractivity contribution is 0.154. The Labute approximate surface area is 133 Å². The second-order valence-electron chi connectivity index (χ2n) is 5.63. The average Bonchev–Trinajstić information content (AvgIpc) is 3.00. The molecule has 3 aromatic rings. The van der Waals surface area contributed by atoms with Gasteiger partial charge in [-0.15, -0.1) is 11.3 Å². The normalized spacial score (nSPS) is 18.8. The maximum atomic E-state index is 9.97. The molecule has 5 heteroatoms. The number of rotatable bonds is 2. The van der Waals surface area contributed by atoms with E-state index in [0.717, 1.165) is 35.4 Å². The lowest BCUT2D eigenvalue weighted by atomic mass is 10.0. The summed E-state index contributed by atoms with van der Waals surface area (Å²) in [5, 5.41) is 13.2. The van der Waals surface area contributed by atoms with Gasteiger partial charge in [-0.1, -0.05) is 30.3 Å². The number of piperidine rings is 1. The van der Waals surface area contributed by atoms with Crippen molar-refractivity contribution in [3.63, 3.8) is 0 Å². The lowest BCUT2D eigenvalue weighted by Crippen LogP contribution is -2.38. The summed E-state index contributed by atoms with van der Waals surface area (Å²) in [7, 11) is 0. The number of hydrogen-bond donors (Lipinski definition) is 1. The minimum absolute atomic E-state index is 0.266. The first kappa shape index (κ1) is 13.7. The van der Waals surface area contributed by atoms with E-state index in [-0.39, 0.29) is 6.10 Å². The Morgan fingerprint density at radius 2 is 2.05 bits per heavy atom. The van der Waals surface area contributed by atoms with Crippen LogP contribution in [0.1, 0.15) is 12.8 Å². The Balaban J connectivity index is 1.86. The molecule has 2 aromatic heterocycles. The second kappa shape index (κ2) is 5.66. The first-order valence-electron chi connectivity index (χ1n) is 7.53. The van der Waals surface area contributed by atoms with Crippen molar-refractivity contribution in [3.8, 4) is 11.1 Å². The van der Waals surface area contributed by atoms with Crippen LogP contribution in [0, 0.1) is 0 Å². The molecule has 0 spiro atoms. The molecule has 1 aliphatic rings. The number of anilines is 1. The fourth-order valence-electron chi connectivity index (χ4n) is 3.08. The highest BCUT2D eigenvalue weighted by molar-refractivity contribution is 7.17. The summed E-state index contributed by atoms with van der Waals surface area (Å²) in [5.74, 6) is 0.948. The van der Waals surface area contributed by atoms with E-state index in [2.05, 4.69) is 32.4 Å². The molecule has 1 aliphatic heterocycles. The molecule has 1 saturated heterocycles. The maximum Gasteiger partial charge on any atom is 0.141 e. The standard InChI is InChI=1S/C17H17N3OS/c21-13-7-4-8-20(9-13)16-15-14(12-5-2-1-3-6-12)10-22-17(15)19-11-18-16/h1-3,5-6,10-11,13,21H,4,7-9H2. The van der Waals surface area contributed by atoms with Crippen LogP contribution in [0.5, 0.6) is 0 Å². The van der Waals surface area contributed by atoms with Gasteiger partial charge in [0.05, 0.1) is 11.5 Å². The first-order chi connectivity index (χ1) is 10.8. The van der Waals surface area contributed by atoms with Crippen LogP contribution in [0.4, 0.5) is 5.82 Å². The van der Waals surface area contributed by atoms with E-state index in [1.807, 2.05) is 18.2 Å². The number of thiophene rings is 1. The Kier molecular flexibility index (Phi) is 3.52. The third-order valence-electron chi connectivity index (χ3n) is 4.13. The predicted molar refractivity (Wildman–Crippen MR) is 90.3 cm³/mol. The van der Waals surface area contributed by atoms with Gasteiger partial charge < -0.3 is 10.0 Å². The van der Waals surface area contributed by atoms with Crippen LogP contribution < -0.4 is 4.90 Å². The summed E-state index contributed by atoms with van der Waals surface area (Å²) in [6.45, 7) is 1.59. The Bertz CT molecular complexity index is 787. The van der Waals surface area contributed by atoms with Gasteiger partial charge in [0, 0.05) is 24.0 Å². The molecule has 0 radical (unpaired) electrons. The summed E-state index contributed by atoms with van der Waals surface area (Å²) in [6, 6.07) is 10.4. The zero-order chi connectivity index (χ0) is 14.9. The SMILES string of the molecule is OC1CCCN(c2ncnc3scc(-c4ccccc4)c23)C1. The molecule has 1 fully saturated rings. The van der Waals surface area contributed by atoms with E-state index in [9.17, 15) is 5.11 Å². The van der Waals surface area contributed by atoms with Gasteiger partial charge in [0.25, 0.3) is 0 Å². The highest BCUT2D eigenvalue weighted by atomic mass is 32.1. The summed E-state index contributed by atoms with van der Waals surface area (Å²) >= 11 is 1.65. The predicted octanol–water partition coefficient (Wildman–Crippen LogP) is 3.32. The van der Waals surface area contributed by atoms with E-state index in [4.69, 9.17) is 0 Å². The average molecular weight is 311 g/mol. The molecular formula is C17H17N3OS. The summed E-state index contributed by atoms with van der Waals surface area (Å²) < 4.78 is 0. The van der Waals surface area contributed by atoms with Crippen LogP contribution in [0.2, 0.25) is 0 Å². The minimum atomic E-state index is -0.266. The fraction of sp³-hybridized carbons (Fsp3) is 0.294. The van der Waals surface area contributed by atoms with Gasteiger partial charge >= 0.3 is 0 Å². The van der Waals surface area contributed by atoms with Crippen LogP contribution >= 0.6 is 11.3 Å². The Morgan fingerprint density at radius 3 is 2.86 bits per heavy atom. The van der Waals surface area contributed by atoms with Crippen LogP contribution in [0.25, 0.3) is 21.3 Å². The van der Waals surface area contributed by atoms with Crippen molar-refractivity contribution in [2.45, 2.75) is 18.9 Å². The third-order valence-corrected chi connectivity index (χ3v) is 5.02. The smallest absolute Gasteiger partial charge is 0.141 e. The molecule has 1 atom stereocenters. The van der Waals surface area contributed by atoms with Gasteiger partial charge in [0.15, 0.2) is 0 Å². The largest absolute Gasteiger partial charge is 0.391 e. The van der Waals surface area contributed by atoms with Crippen LogP contribution in [-0.4, -0.2) is 34.3 Å². The van der Waals surface area contributed by atoms with Crippen molar-refractivity contribution >= 4 is 27.4 Å². The Hall–Kier alpha value is -1.98. The molecule has 1 unspecified atom stereocenters. The topological polar surface area (TPSA) is 49.2 Å². The van der Waals surface area contributed by atoms with E-state index >= 15 is 0 Å². The van der Waals surface area contributed by atoms with Crippen molar-refractivity contribution < 1.29 is 5.11 Å². The number of aliphatic hydroxyl groups excluding tert-OH is 1. The van der Waals surface area contributed by atoms with E-state index in [1.54, 1.807) is 17.7 Å². The summed E-state index contributed by atoms with van der Waals surface area (Å²) in [6.07, 6.45) is 3.24. The Morgan fingerprint density at radius 1 is 1.18 bits per heavy atom. The molecule has 112 valence electrons. The molecule has 22 heavy (non-hydrogen) atoms. The molecule has 3 heterocycles. The third kappa shape index (κ3) is 2.36. The first-order valence-corrected chi connectivity index (χ1v) is 8.41. The van der Waals surface area contributed by atoms with Crippen molar-refractivity contribution in [3.05, 3.63) is 42.0 Å². The number of β-amino-alcohol motifs (C(OH)–C–C–N with tert-alkyl or cyclic N) is 1. The van der Waals surface area contributed by atoms with Gasteiger partial charge in [-0.25, -0.2) is 9.97 Å². The molecule has 1 aromatic carbocycles. The maximum absolute atomic E-state index is 9.97. The number of aromatic nitrogens is 2. The minimum Gasteiger partial charge on any atom is -0.391 e. The molecule has 0 amide bonds. The zero-order valence-corrected chi connectivity index (χ0v) is 13.0. The molecule has 4 nitrogen and oxygen atoms in total. The quantitative estimate of drug-likeness (QED) is 0.789. The molecular weight excluding hydrogens is 294 g/mol. The van der Waals surface area contributed by atoms with E-state index in [1.165, 1.54) is 11.1 Å². The van der Waals surface area contributed by atoms with E-state index < -0.39 is 0 Å². The van der Waals surface area contributed by atoms with Gasteiger partial charge in [-0.05, 0) is 18.4 Å². The van der Waals surface area contributed by atoms with Crippen LogP contribution in [0.15, 0.2) is 42.0 Å². The van der Waals surface area contributed by atoms with Crippen molar-refractivity contribution in [2.24, 2.45) is 0 Å². The van der Waals surface area contributed by atoms with Crippen LogP contribution in [0.3, 0.4) is 0 Å². The molecule has 1 N–H and O–H groups in total. The van der Waals surface area contributed by atoms with E-state index in [0.29, 0.717) is 6.54 Å². The van der Waals surface area contributed by atoms with Gasteiger partial charge in [-0.2, -0.15) is 0 Å². The zero-order valence-electron chi connectivity index (χ0n) is 12.1. The molecule has 0 saturated carbocycles. The van der Waals surface area contributed by atoms with Gasteiger partial charge in [0.1, 0.15) is 17.0 Å². The van der Waals surface area contributed by atoms with Crippen molar-refractivity contribution in [2.75, 3.05) is 18.0 Å². The molecule has 0 bridgehead atoms. The summed E-state index contributed by atoms with van der Waals surface area (Å²) in [4.78, 5) is 12.1. The monoisotopic (exact) mass is 311 g/mol. The lowest BCUT2D eigenvalue weighted by Gasteiger charge is -2.31. The number of aliphatic hydroxyl groups is 1. The van der Waals surface area contributed by atoms with Crippen LogP contribution in [-0.2, 0) is 0 Å². The number of benzene rings is 1. The second-order valence-corrected chi connectivity index (χ2v) is 6.49. The fourth-order valence-corrected chi connectivity index (χ4v) is 3.99. The van der Waals surface area contributed by atoms with Crippen molar-refractivity contribution in [1.29, 1.82) is 0 Å². The number of nitrogens with zero attached hydrogens (tertiary/aromatic N) is 3. The molecule has 0 aliphatic carbocycles. The molecule has 4 rings (SSSR count). The number of fused-ring (bicyclic) bond motifs is 1. The number of hydrogen-bond acceptors (Lipinski definition) is 5. The summed E-state index contributed by atoms with van der Waals surface area (Å²) in [5.41, 5.74) is 2.36.